The van der Waals surface area contributed by atoms with Gasteiger partial charge in [0.1, 0.15) is 11.9 Å². The molecule has 1 amide bonds. The van der Waals surface area contributed by atoms with Crippen LogP contribution in [0.2, 0.25) is 0 Å². The molecule has 1 aromatic heterocycles. The molecular formula is C31H39N7O4. The number of anilines is 4. The van der Waals surface area contributed by atoms with Crippen molar-refractivity contribution in [2.24, 2.45) is 0 Å². The van der Waals surface area contributed by atoms with Crippen LogP contribution >= 0.6 is 0 Å². The van der Waals surface area contributed by atoms with E-state index in [9.17, 15) is 4.79 Å². The average molecular weight is 574 g/mol. The minimum absolute atomic E-state index is 0.0670. The van der Waals surface area contributed by atoms with E-state index in [0.717, 1.165) is 69.2 Å². The van der Waals surface area contributed by atoms with E-state index in [1.165, 1.54) is 5.69 Å². The molecule has 0 unspecified atom stereocenters. The summed E-state index contributed by atoms with van der Waals surface area (Å²) in [5.41, 5.74) is 10.8. The molecule has 42 heavy (non-hydrogen) atoms. The summed E-state index contributed by atoms with van der Waals surface area (Å²) < 4.78 is 17.1. The van der Waals surface area contributed by atoms with Crippen molar-refractivity contribution in [1.29, 1.82) is 0 Å². The van der Waals surface area contributed by atoms with Crippen LogP contribution in [0.1, 0.15) is 12.8 Å². The lowest BCUT2D eigenvalue weighted by atomic mass is 10.1. The van der Waals surface area contributed by atoms with Crippen molar-refractivity contribution >= 4 is 28.9 Å². The van der Waals surface area contributed by atoms with Gasteiger partial charge in [-0.15, -0.1) is 0 Å². The second-order valence-electron chi connectivity index (χ2n) is 10.9. The summed E-state index contributed by atoms with van der Waals surface area (Å²) in [5.74, 6) is 1.38. The smallest absolute Gasteiger partial charge is 0.236 e. The Bertz CT molecular complexity index is 1340. The van der Waals surface area contributed by atoms with Crippen LogP contribution in [0.5, 0.6) is 5.75 Å². The number of amides is 1. The lowest BCUT2D eigenvalue weighted by Gasteiger charge is -2.34. The fraction of sp³-hybridized carbons (Fsp3) is 0.452. The highest BCUT2D eigenvalue weighted by Gasteiger charge is 2.25. The number of ether oxygens (including phenoxy) is 3. The van der Waals surface area contributed by atoms with Crippen LogP contribution in [0.3, 0.4) is 0 Å². The molecule has 11 heteroatoms. The van der Waals surface area contributed by atoms with E-state index < -0.39 is 0 Å². The Morgan fingerprint density at radius 1 is 0.929 bits per heavy atom. The van der Waals surface area contributed by atoms with Crippen molar-refractivity contribution < 1.29 is 19.0 Å². The van der Waals surface area contributed by atoms with Crippen molar-refractivity contribution in [3.05, 3.63) is 54.7 Å². The van der Waals surface area contributed by atoms with Gasteiger partial charge in [0.15, 0.2) is 0 Å². The highest BCUT2D eigenvalue weighted by molar-refractivity contribution is 5.78. The lowest BCUT2D eigenvalue weighted by Crippen LogP contribution is -2.48. The lowest BCUT2D eigenvalue weighted by molar-refractivity contribution is -0.136. The molecule has 2 aromatic carbocycles. The number of carbonyl (C=O) groups excluding carboxylic acids is 1. The van der Waals surface area contributed by atoms with Crippen LogP contribution in [0.25, 0.3) is 11.3 Å². The van der Waals surface area contributed by atoms with Gasteiger partial charge < -0.3 is 35.1 Å². The second kappa shape index (κ2) is 13.4. The Hall–Kier alpha value is -3.93. The third kappa shape index (κ3) is 7.10. The number of nitrogens with one attached hydrogen (secondary N) is 1. The Kier molecular flexibility index (Phi) is 8.97. The number of benzene rings is 2. The maximum Gasteiger partial charge on any atom is 0.236 e. The summed E-state index contributed by atoms with van der Waals surface area (Å²) in [6.07, 6.45) is 3.51. The first-order valence-corrected chi connectivity index (χ1v) is 14.8. The van der Waals surface area contributed by atoms with E-state index in [2.05, 4.69) is 32.2 Å². The van der Waals surface area contributed by atoms with Crippen LogP contribution < -0.4 is 20.7 Å². The standard InChI is InChI=1S/C31H39N7O4/c32-27-21-23(1-6-29(27)42-26-8-11-36(12-9-26)22-30(39)38-15-19-41-20-16-38)28-7-10-33-31(35-28)34-24-2-4-25(5-3-24)37-13-17-40-18-14-37/h1-7,10,21,26H,8-9,11-20,22,32H2,(H,33,34,35). The van der Waals surface area contributed by atoms with Gasteiger partial charge in [-0.3, -0.25) is 9.69 Å². The van der Waals surface area contributed by atoms with Gasteiger partial charge in [-0.25, -0.2) is 9.97 Å². The van der Waals surface area contributed by atoms with E-state index in [4.69, 9.17) is 24.9 Å². The van der Waals surface area contributed by atoms with Crippen molar-refractivity contribution in [2.45, 2.75) is 18.9 Å². The number of piperidine rings is 1. The first-order chi connectivity index (χ1) is 20.6. The van der Waals surface area contributed by atoms with Crippen molar-refractivity contribution in [3.8, 4) is 17.0 Å². The highest BCUT2D eigenvalue weighted by atomic mass is 16.5. The van der Waals surface area contributed by atoms with Gasteiger partial charge in [0.25, 0.3) is 0 Å². The zero-order valence-electron chi connectivity index (χ0n) is 23.9. The van der Waals surface area contributed by atoms with Gasteiger partial charge in [0.05, 0.1) is 44.4 Å². The zero-order chi connectivity index (χ0) is 28.7. The number of nitrogens with two attached hydrogens (primary N) is 1. The molecule has 3 aromatic rings. The number of carbonyl (C=O) groups is 1. The van der Waals surface area contributed by atoms with Gasteiger partial charge >= 0.3 is 0 Å². The average Bonchev–Trinajstić information content (AvgIpc) is 3.04. The predicted octanol–water partition coefficient (Wildman–Crippen LogP) is 3.01. The van der Waals surface area contributed by atoms with E-state index >= 15 is 0 Å². The molecule has 0 aliphatic carbocycles. The van der Waals surface area contributed by atoms with Gasteiger partial charge in [0.2, 0.25) is 11.9 Å². The zero-order valence-corrected chi connectivity index (χ0v) is 23.9. The number of nitrogen functional groups attached to an aromatic ring is 1. The predicted molar refractivity (Wildman–Crippen MR) is 162 cm³/mol. The summed E-state index contributed by atoms with van der Waals surface area (Å²) in [7, 11) is 0. The third-order valence-corrected chi connectivity index (χ3v) is 8.01. The molecule has 0 saturated carbocycles. The number of likely N-dealkylation sites (tertiary alicyclic amines) is 1. The van der Waals surface area contributed by atoms with E-state index in [0.29, 0.717) is 50.2 Å². The molecule has 0 spiro atoms. The van der Waals surface area contributed by atoms with Crippen LogP contribution in [-0.2, 0) is 14.3 Å². The molecule has 4 heterocycles. The minimum Gasteiger partial charge on any atom is -0.488 e. The molecule has 3 saturated heterocycles. The van der Waals surface area contributed by atoms with Gasteiger partial charge in [-0.2, -0.15) is 0 Å². The number of aromatic nitrogens is 2. The summed E-state index contributed by atoms with van der Waals surface area (Å²) in [5, 5.41) is 3.30. The summed E-state index contributed by atoms with van der Waals surface area (Å²) in [4.78, 5) is 28.1. The molecule has 3 N–H and O–H groups in total. The van der Waals surface area contributed by atoms with Crippen LogP contribution in [-0.4, -0.2) is 104 Å². The van der Waals surface area contributed by atoms with E-state index in [-0.39, 0.29) is 12.0 Å². The second-order valence-corrected chi connectivity index (χ2v) is 10.9. The summed E-state index contributed by atoms with van der Waals surface area (Å²) >= 11 is 0. The maximum atomic E-state index is 12.6. The van der Waals surface area contributed by atoms with Crippen molar-refractivity contribution in [1.82, 2.24) is 19.8 Å². The number of hydrogen-bond donors (Lipinski definition) is 2. The Morgan fingerprint density at radius 3 is 2.36 bits per heavy atom. The van der Waals surface area contributed by atoms with E-state index in [1.54, 1.807) is 6.20 Å². The number of rotatable bonds is 8. The molecular weight excluding hydrogens is 534 g/mol. The number of morpholine rings is 2. The van der Waals surface area contributed by atoms with E-state index in [1.807, 2.05) is 41.3 Å². The first-order valence-electron chi connectivity index (χ1n) is 14.8. The van der Waals surface area contributed by atoms with Crippen molar-refractivity contribution in [3.63, 3.8) is 0 Å². The molecule has 6 rings (SSSR count). The van der Waals surface area contributed by atoms with Gasteiger partial charge in [-0.1, -0.05) is 0 Å². The topological polar surface area (TPSA) is 118 Å². The molecule has 3 fully saturated rings. The number of hydrogen-bond acceptors (Lipinski definition) is 10. The quantitative estimate of drug-likeness (QED) is 0.390. The maximum absolute atomic E-state index is 12.6. The molecule has 0 atom stereocenters. The number of nitrogens with zero attached hydrogens (tertiary/aromatic N) is 5. The molecule has 0 bridgehead atoms. The van der Waals surface area contributed by atoms with Crippen LogP contribution in [0, 0.1) is 0 Å². The fourth-order valence-electron chi connectivity index (χ4n) is 5.57. The van der Waals surface area contributed by atoms with Crippen LogP contribution in [0.15, 0.2) is 54.7 Å². The highest BCUT2D eigenvalue weighted by Crippen LogP contribution is 2.30. The van der Waals surface area contributed by atoms with Crippen LogP contribution in [0.4, 0.5) is 23.0 Å². The Labute approximate surface area is 246 Å². The SMILES string of the molecule is Nc1cc(-c2ccnc(Nc3ccc(N4CCOCC4)cc3)n2)ccc1OC1CCN(CC(=O)N2CCOCC2)CC1. The summed E-state index contributed by atoms with van der Waals surface area (Å²) in [6, 6.07) is 15.9. The third-order valence-electron chi connectivity index (χ3n) is 8.01. The van der Waals surface area contributed by atoms with Crippen molar-refractivity contribution in [2.75, 3.05) is 88.2 Å². The molecule has 0 radical (unpaired) electrons. The largest absolute Gasteiger partial charge is 0.488 e. The monoisotopic (exact) mass is 573 g/mol. The normalized spacial score (nSPS) is 18.6. The summed E-state index contributed by atoms with van der Waals surface area (Å²) in [6.45, 7) is 8.06. The Morgan fingerprint density at radius 2 is 1.64 bits per heavy atom. The molecule has 222 valence electrons. The van der Waals surface area contributed by atoms with Gasteiger partial charge in [0, 0.05) is 62.4 Å². The minimum atomic E-state index is 0.0670. The fourth-order valence-corrected chi connectivity index (χ4v) is 5.57. The molecule has 11 nitrogen and oxygen atoms in total. The van der Waals surface area contributed by atoms with Gasteiger partial charge in [-0.05, 0) is 61.4 Å². The first kappa shape index (κ1) is 28.2. The Balaban J connectivity index is 1.02. The molecule has 3 aliphatic rings. The molecule has 3 aliphatic heterocycles.